The van der Waals surface area contributed by atoms with Gasteiger partial charge in [-0.3, -0.25) is 19.7 Å². The minimum absolute atomic E-state index is 0.0967. The van der Waals surface area contributed by atoms with Crippen LogP contribution < -0.4 is 5.32 Å². The van der Waals surface area contributed by atoms with Crippen LogP contribution in [0, 0.1) is 17.3 Å². The Kier molecular flexibility index (Phi) is 9.14. The highest BCUT2D eigenvalue weighted by molar-refractivity contribution is 14.1. The summed E-state index contributed by atoms with van der Waals surface area (Å²) >= 11 is 1.43. The zero-order chi connectivity index (χ0) is 17.5. The van der Waals surface area contributed by atoms with Gasteiger partial charge < -0.3 is 9.84 Å². The van der Waals surface area contributed by atoms with Crippen LogP contribution in [0.5, 0.6) is 0 Å². The molecule has 6 nitrogen and oxygen atoms in total. The van der Waals surface area contributed by atoms with Crippen LogP contribution in [-0.4, -0.2) is 33.6 Å². The molecule has 0 saturated heterocycles. The van der Waals surface area contributed by atoms with Crippen molar-refractivity contribution in [3.05, 3.63) is 0 Å². The predicted molar refractivity (Wildman–Crippen MR) is 91.5 cm³/mol. The number of hydrogen-bond acceptors (Lipinski definition) is 5. The van der Waals surface area contributed by atoms with E-state index in [4.69, 9.17) is 4.74 Å². The third kappa shape index (κ3) is 7.53. The van der Waals surface area contributed by atoms with Crippen molar-refractivity contribution in [2.75, 3.05) is 6.61 Å². The Morgan fingerprint density at radius 3 is 2.18 bits per heavy atom. The number of rotatable bonds is 8. The largest absolute Gasteiger partial charge is 0.462 e. The molecule has 0 aliphatic carbocycles. The van der Waals surface area contributed by atoms with Crippen molar-refractivity contribution in [3.63, 3.8) is 0 Å². The highest BCUT2D eigenvalue weighted by atomic mass is 127. The van der Waals surface area contributed by atoms with Crippen LogP contribution in [0.15, 0.2) is 0 Å². The average Bonchev–Trinajstić information content (AvgIpc) is 2.33. The monoisotopic (exact) mass is 427 g/mol. The third-order valence-electron chi connectivity index (χ3n) is 3.64. The minimum Gasteiger partial charge on any atom is -0.462 e. The van der Waals surface area contributed by atoms with Gasteiger partial charge in [0.2, 0.25) is 5.91 Å². The molecule has 0 aliphatic heterocycles. The molecule has 0 aliphatic rings. The lowest BCUT2D eigenvalue weighted by Gasteiger charge is -2.33. The van der Waals surface area contributed by atoms with Crippen LogP contribution in [0.25, 0.3) is 0 Å². The fourth-order valence-electron chi connectivity index (χ4n) is 2.17. The number of aliphatic hydroxyl groups is 1. The van der Waals surface area contributed by atoms with Gasteiger partial charge in [0.15, 0.2) is 0 Å². The van der Waals surface area contributed by atoms with Crippen molar-refractivity contribution < 1.29 is 24.2 Å². The van der Waals surface area contributed by atoms with Crippen LogP contribution in [-0.2, 0) is 14.3 Å². The van der Waals surface area contributed by atoms with E-state index in [2.05, 4.69) is 0 Å². The number of halogens is 1. The van der Waals surface area contributed by atoms with E-state index in [-0.39, 0.29) is 24.9 Å². The number of carbonyl (C=O) groups excluding carboxylic acids is 3. The smallest absolute Gasteiger partial charge is 0.312 e. The standard InChI is InChI=1S/C15H26INO5/c1-9(2)7-15(5,10(3)4)13(20)22-8-11(18)6-12(19)17-14(16)21/h9-11,18H,6-8H2,1-5H3,(H,17,19,21). The lowest BCUT2D eigenvalue weighted by molar-refractivity contribution is -0.162. The summed E-state index contributed by atoms with van der Waals surface area (Å²) in [5, 5.41) is 11.8. The molecule has 0 rings (SSSR count). The maximum atomic E-state index is 12.3. The molecule has 0 fully saturated rings. The number of hydrogen-bond donors (Lipinski definition) is 2. The summed E-state index contributed by atoms with van der Waals surface area (Å²) in [4.78, 5) is 34.3. The van der Waals surface area contributed by atoms with E-state index < -0.39 is 21.3 Å². The lowest BCUT2D eigenvalue weighted by atomic mass is 9.73. The van der Waals surface area contributed by atoms with Crippen LogP contribution in [0.2, 0.25) is 0 Å². The fraction of sp³-hybridized carbons (Fsp3) is 0.800. The molecule has 0 aromatic carbocycles. The SMILES string of the molecule is CC(C)CC(C)(C(=O)OCC(O)CC(=O)NC(=O)I)C(C)C. The Morgan fingerprint density at radius 1 is 1.23 bits per heavy atom. The van der Waals surface area contributed by atoms with Crippen molar-refractivity contribution in [2.24, 2.45) is 17.3 Å². The second-order valence-electron chi connectivity index (χ2n) is 6.45. The van der Waals surface area contributed by atoms with Gasteiger partial charge in [0.05, 0.1) is 17.9 Å². The van der Waals surface area contributed by atoms with Crippen molar-refractivity contribution >= 4 is 38.4 Å². The van der Waals surface area contributed by atoms with Gasteiger partial charge in [0.1, 0.15) is 6.61 Å². The van der Waals surface area contributed by atoms with Crippen LogP contribution in [0.4, 0.5) is 4.79 Å². The van der Waals surface area contributed by atoms with Gasteiger partial charge in [0, 0.05) is 22.6 Å². The highest BCUT2D eigenvalue weighted by Crippen LogP contribution is 2.35. The molecule has 2 amide bonds. The first-order valence-electron chi connectivity index (χ1n) is 7.33. The maximum Gasteiger partial charge on any atom is 0.312 e. The molecular weight excluding hydrogens is 401 g/mol. The Morgan fingerprint density at radius 2 is 1.77 bits per heavy atom. The van der Waals surface area contributed by atoms with E-state index in [9.17, 15) is 19.5 Å². The van der Waals surface area contributed by atoms with Gasteiger partial charge >= 0.3 is 5.97 Å². The lowest BCUT2D eigenvalue weighted by Crippen LogP contribution is -2.38. The number of esters is 1. The Balaban J connectivity index is 4.51. The Bertz CT molecular complexity index is 411. The summed E-state index contributed by atoms with van der Waals surface area (Å²) in [7, 11) is 0. The normalized spacial score (nSPS) is 15.3. The molecule has 2 N–H and O–H groups in total. The van der Waals surface area contributed by atoms with E-state index in [1.807, 2.05) is 39.9 Å². The van der Waals surface area contributed by atoms with E-state index in [0.717, 1.165) is 0 Å². The molecular formula is C15H26INO5. The number of amides is 2. The summed E-state index contributed by atoms with van der Waals surface area (Å²) in [6, 6.07) is 0. The second kappa shape index (κ2) is 9.44. The Hall–Kier alpha value is -0.700. The molecule has 0 aromatic rings. The summed E-state index contributed by atoms with van der Waals surface area (Å²) in [6.45, 7) is 9.58. The molecule has 0 heterocycles. The zero-order valence-corrected chi connectivity index (χ0v) is 16.0. The summed E-state index contributed by atoms with van der Waals surface area (Å²) < 4.78 is 4.66. The number of ether oxygens (including phenoxy) is 1. The van der Waals surface area contributed by atoms with Gasteiger partial charge in [-0.1, -0.05) is 27.7 Å². The molecule has 7 heteroatoms. The van der Waals surface area contributed by atoms with Crippen molar-refractivity contribution in [1.29, 1.82) is 0 Å². The zero-order valence-electron chi connectivity index (χ0n) is 13.8. The first-order valence-corrected chi connectivity index (χ1v) is 8.41. The van der Waals surface area contributed by atoms with E-state index in [0.29, 0.717) is 12.3 Å². The van der Waals surface area contributed by atoms with Crippen molar-refractivity contribution in [1.82, 2.24) is 5.32 Å². The van der Waals surface area contributed by atoms with E-state index >= 15 is 0 Å². The molecule has 2 atom stereocenters. The molecule has 2 unspecified atom stereocenters. The van der Waals surface area contributed by atoms with Gasteiger partial charge in [-0.2, -0.15) is 0 Å². The van der Waals surface area contributed by atoms with Gasteiger partial charge in [-0.05, 0) is 25.2 Å². The molecule has 0 aromatic heterocycles. The third-order valence-corrected chi connectivity index (χ3v) is 3.91. The second-order valence-corrected chi connectivity index (χ2v) is 7.43. The molecule has 22 heavy (non-hydrogen) atoms. The highest BCUT2D eigenvalue weighted by Gasteiger charge is 2.38. The molecule has 0 radical (unpaired) electrons. The van der Waals surface area contributed by atoms with Crippen LogP contribution >= 0.6 is 22.6 Å². The molecule has 0 bridgehead atoms. The number of nitrogens with one attached hydrogen (secondary N) is 1. The van der Waals surface area contributed by atoms with Crippen molar-refractivity contribution in [3.8, 4) is 0 Å². The first kappa shape index (κ1) is 21.3. The maximum absolute atomic E-state index is 12.3. The summed E-state index contributed by atoms with van der Waals surface area (Å²) in [6.07, 6.45) is -0.733. The summed E-state index contributed by atoms with van der Waals surface area (Å²) in [5.74, 6) is -0.540. The number of imide groups is 1. The number of aliphatic hydroxyl groups excluding tert-OH is 1. The van der Waals surface area contributed by atoms with Gasteiger partial charge in [-0.25, -0.2) is 0 Å². The van der Waals surface area contributed by atoms with Gasteiger partial charge in [0.25, 0.3) is 3.91 Å². The quantitative estimate of drug-likeness (QED) is 0.269. The minimum atomic E-state index is -1.13. The number of carbonyl (C=O) groups is 3. The fourth-order valence-corrected chi connectivity index (χ4v) is 2.47. The van der Waals surface area contributed by atoms with Crippen LogP contribution in [0.3, 0.4) is 0 Å². The molecule has 128 valence electrons. The molecule has 0 spiro atoms. The van der Waals surface area contributed by atoms with Crippen LogP contribution in [0.1, 0.15) is 47.5 Å². The topological polar surface area (TPSA) is 92.7 Å². The van der Waals surface area contributed by atoms with E-state index in [1.54, 1.807) is 0 Å². The van der Waals surface area contributed by atoms with Gasteiger partial charge in [-0.15, -0.1) is 0 Å². The first-order chi connectivity index (χ1) is 9.98. The average molecular weight is 427 g/mol. The van der Waals surface area contributed by atoms with Crippen molar-refractivity contribution in [2.45, 2.75) is 53.6 Å². The Labute approximate surface area is 145 Å². The molecule has 0 saturated carbocycles. The summed E-state index contributed by atoms with van der Waals surface area (Å²) in [5.41, 5.74) is -0.631. The predicted octanol–water partition coefficient (Wildman–Crippen LogP) is 2.66. The van der Waals surface area contributed by atoms with E-state index in [1.165, 1.54) is 22.6 Å².